The van der Waals surface area contributed by atoms with Crippen molar-refractivity contribution in [3.63, 3.8) is 0 Å². The maximum Gasteiger partial charge on any atom is 0.412 e. The van der Waals surface area contributed by atoms with E-state index in [0.717, 1.165) is 5.56 Å². The van der Waals surface area contributed by atoms with Gasteiger partial charge in [-0.3, -0.25) is 4.98 Å². The van der Waals surface area contributed by atoms with Gasteiger partial charge in [-0.15, -0.1) is 0 Å². The highest BCUT2D eigenvalue weighted by Crippen LogP contribution is 2.41. The molecule has 10 heteroatoms. The molecule has 0 aliphatic rings. The van der Waals surface area contributed by atoms with Crippen LogP contribution < -0.4 is 10.0 Å². The molecule has 5 rings (SSSR count). The minimum Gasteiger partial charge on any atom is -0.618 e. The second-order valence-corrected chi connectivity index (χ2v) is 8.17. The number of hydrogen-bond acceptors (Lipinski definition) is 6. The number of rotatable bonds is 4. The van der Waals surface area contributed by atoms with Crippen LogP contribution in [-0.4, -0.2) is 26.1 Å². The Morgan fingerprint density at radius 3 is 2.57 bits per heavy atom. The molecule has 0 spiro atoms. The number of aromatic nitrogens is 5. The van der Waals surface area contributed by atoms with Crippen molar-refractivity contribution in [1.82, 2.24) is 19.9 Å². The fourth-order valence-corrected chi connectivity index (χ4v) is 3.98. The standard InChI is InChI=1S/C25H19F3N6O/c1-14-5-3-6-16-11-18(21(32-20(14)16)17-9-8-15(2)34(35)12-17)23(25(26,27)28)33-24-22-19(30-13-31-24)7-4-10-29-22/h3-13,23H,1-2H3,(H,30,31,33)/t23-/m1/s1. The molecule has 4 heterocycles. The maximum absolute atomic E-state index is 14.6. The first-order chi connectivity index (χ1) is 16.7. The van der Waals surface area contributed by atoms with Crippen LogP contribution in [0.5, 0.6) is 0 Å². The van der Waals surface area contributed by atoms with Gasteiger partial charge in [0.05, 0.1) is 22.3 Å². The van der Waals surface area contributed by atoms with Crippen LogP contribution in [0, 0.1) is 19.1 Å². The summed E-state index contributed by atoms with van der Waals surface area (Å²) in [6.07, 6.45) is -0.841. The minimum absolute atomic E-state index is 0.0533. The van der Waals surface area contributed by atoms with E-state index < -0.39 is 12.2 Å². The second-order valence-electron chi connectivity index (χ2n) is 8.17. The molecule has 0 bridgehead atoms. The molecule has 1 N–H and O–H groups in total. The molecule has 0 amide bonds. The molecule has 0 aliphatic carbocycles. The first-order valence-corrected chi connectivity index (χ1v) is 10.7. The summed E-state index contributed by atoms with van der Waals surface area (Å²) in [5.74, 6) is -0.0593. The van der Waals surface area contributed by atoms with Crippen molar-refractivity contribution in [3.8, 4) is 11.3 Å². The number of alkyl halides is 3. The van der Waals surface area contributed by atoms with Gasteiger partial charge in [-0.2, -0.15) is 17.9 Å². The van der Waals surface area contributed by atoms with E-state index >= 15 is 0 Å². The van der Waals surface area contributed by atoms with Gasteiger partial charge in [-0.25, -0.2) is 15.0 Å². The molecule has 4 aromatic heterocycles. The quantitative estimate of drug-likeness (QED) is 0.283. The van der Waals surface area contributed by atoms with E-state index in [9.17, 15) is 18.4 Å². The summed E-state index contributed by atoms with van der Waals surface area (Å²) in [7, 11) is 0. The van der Waals surface area contributed by atoms with Crippen LogP contribution in [0.4, 0.5) is 19.0 Å². The average molecular weight is 476 g/mol. The zero-order valence-electron chi connectivity index (χ0n) is 18.7. The number of pyridine rings is 3. The van der Waals surface area contributed by atoms with Crippen molar-refractivity contribution in [1.29, 1.82) is 0 Å². The van der Waals surface area contributed by atoms with Crippen LogP contribution in [-0.2, 0) is 0 Å². The third kappa shape index (κ3) is 4.18. The van der Waals surface area contributed by atoms with E-state index in [1.54, 1.807) is 43.3 Å². The van der Waals surface area contributed by atoms with Gasteiger partial charge in [0.25, 0.3) is 0 Å². The number of halogens is 3. The number of aryl methyl sites for hydroxylation is 2. The lowest BCUT2D eigenvalue weighted by Crippen LogP contribution is -2.31. The summed E-state index contributed by atoms with van der Waals surface area (Å²) in [6.45, 7) is 3.45. The maximum atomic E-state index is 14.6. The molecule has 35 heavy (non-hydrogen) atoms. The van der Waals surface area contributed by atoms with Gasteiger partial charge in [0, 0.05) is 30.1 Å². The van der Waals surface area contributed by atoms with Gasteiger partial charge in [0.15, 0.2) is 23.8 Å². The molecule has 0 unspecified atom stereocenters. The normalized spacial score (nSPS) is 12.7. The molecule has 5 aromatic rings. The van der Waals surface area contributed by atoms with Gasteiger partial charge in [-0.05, 0) is 36.8 Å². The molecule has 0 aliphatic heterocycles. The average Bonchev–Trinajstić information content (AvgIpc) is 2.83. The Hall–Kier alpha value is -4.34. The van der Waals surface area contributed by atoms with E-state index in [2.05, 4.69) is 25.3 Å². The summed E-state index contributed by atoms with van der Waals surface area (Å²) >= 11 is 0. The highest BCUT2D eigenvalue weighted by Gasteiger charge is 2.43. The van der Waals surface area contributed by atoms with E-state index in [1.807, 2.05) is 13.0 Å². The largest absolute Gasteiger partial charge is 0.618 e. The van der Waals surface area contributed by atoms with Crippen LogP contribution in [0.25, 0.3) is 33.2 Å². The smallest absolute Gasteiger partial charge is 0.412 e. The molecule has 7 nitrogen and oxygen atoms in total. The summed E-state index contributed by atoms with van der Waals surface area (Å²) in [4.78, 5) is 16.9. The zero-order chi connectivity index (χ0) is 24.7. The molecular weight excluding hydrogens is 457 g/mol. The molecule has 0 saturated carbocycles. The van der Waals surface area contributed by atoms with Crippen LogP contribution in [0.3, 0.4) is 0 Å². The SMILES string of the molecule is Cc1cccc2cc([C@@H](Nc3ncnc4cccnc34)C(F)(F)F)c(-c3ccc(C)[n+]([O-])c3)nc12. The van der Waals surface area contributed by atoms with Gasteiger partial charge < -0.3 is 10.5 Å². The van der Waals surface area contributed by atoms with Crippen molar-refractivity contribution in [3.05, 3.63) is 89.3 Å². The lowest BCUT2D eigenvalue weighted by molar-refractivity contribution is -0.611. The fourth-order valence-electron chi connectivity index (χ4n) is 3.98. The zero-order valence-corrected chi connectivity index (χ0v) is 18.7. The molecular formula is C25H19F3N6O. The van der Waals surface area contributed by atoms with Crippen LogP contribution in [0.2, 0.25) is 0 Å². The second kappa shape index (κ2) is 8.46. The highest BCUT2D eigenvalue weighted by atomic mass is 19.4. The van der Waals surface area contributed by atoms with Crippen molar-refractivity contribution in [2.24, 2.45) is 0 Å². The van der Waals surface area contributed by atoms with Crippen molar-refractivity contribution in [2.75, 3.05) is 5.32 Å². The number of anilines is 1. The van der Waals surface area contributed by atoms with Gasteiger partial charge in [-0.1, -0.05) is 18.2 Å². The van der Waals surface area contributed by atoms with Crippen LogP contribution in [0.1, 0.15) is 22.9 Å². The van der Waals surface area contributed by atoms with Gasteiger partial charge >= 0.3 is 6.18 Å². The Kier molecular flexibility index (Phi) is 5.43. The predicted octanol–water partition coefficient (Wildman–Crippen LogP) is 5.21. The molecule has 1 aromatic carbocycles. The molecule has 176 valence electrons. The molecule has 0 saturated heterocycles. The molecule has 0 radical (unpaired) electrons. The number of fused-ring (bicyclic) bond motifs is 2. The Labute approximate surface area is 197 Å². The van der Waals surface area contributed by atoms with Crippen LogP contribution in [0.15, 0.2) is 67.3 Å². The van der Waals surface area contributed by atoms with E-state index in [0.29, 0.717) is 26.8 Å². The highest BCUT2D eigenvalue weighted by molar-refractivity contribution is 5.87. The Morgan fingerprint density at radius 1 is 0.971 bits per heavy atom. The lowest BCUT2D eigenvalue weighted by atomic mass is 9.97. The van der Waals surface area contributed by atoms with E-state index in [1.165, 1.54) is 24.8 Å². The number of hydrogen-bond donors (Lipinski definition) is 1. The third-order valence-corrected chi connectivity index (χ3v) is 5.77. The van der Waals surface area contributed by atoms with Crippen molar-refractivity contribution >= 4 is 27.8 Å². The molecule has 0 fully saturated rings. The lowest BCUT2D eigenvalue weighted by Gasteiger charge is -2.25. The number of nitrogens with zero attached hydrogens (tertiary/aromatic N) is 5. The van der Waals surface area contributed by atoms with Crippen molar-refractivity contribution < 1.29 is 17.9 Å². The molecule has 1 atom stereocenters. The number of para-hydroxylation sites is 1. The Morgan fingerprint density at radius 2 is 1.80 bits per heavy atom. The topological polar surface area (TPSA) is 90.5 Å². The van der Waals surface area contributed by atoms with E-state index in [4.69, 9.17) is 0 Å². The number of benzene rings is 1. The summed E-state index contributed by atoms with van der Waals surface area (Å²) in [6, 6.07) is 11.0. The van der Waals surface area contributed by atoms with E-state index in [-0.39, 0.29) is 28.2 Å². The number of nitrogens with one attached hydrogen (secondary N) is 1. The Bertz CT molecular complexity index is 1570. The van der Waals surface area contributed by atoms with Crippen LogP contribution >= 0.6 is 0 Å². The summed E-state index contributed by atoms with van der Waals surface area (Å²) in [5.41, 5.74) is 2.58. The first kappa shape index (κ1) is 22.5. The third-order valence-electron chi connectivity index (χ3n) is 5.77. The van der Waals surface area contributed by atoms with Gasteiger partial charge in [0.2, 0.25) is 0 Å². The van der Waals surface area contributed by atoms with Gasteiger partial charge in [0.1, 0.15) is 11.8 Å². The Balaban J connectivity index is 1.76. The predicted molar refractivity (Wildman–Crippen MR) is 125 cm³/mol. The summed E-state index contributed by atoms with van der Waals surface area (Å²) in [5, 5.41) is 15.4. The monoisotopic (exact) mass is 476 g/mol. The first-order valence-electron chi connectivity index (χ1n) is 10.7. The minimum atomic E-state index is -4.72. The van der Waals surface area contributed by atoms with Crippen molar-refractivity contribution in [2.45, 2.75) is 26.1 Å². The fraction of sp³-hybridized carbons (Fsp3) is 0.160. The summed E-state index contributed by atoms with van der Waals surface area (Å²) < 4.78 is 44.4.